The van der Waals surface area contributed by atoms with Gasteiger partial charge >= 0.3 is 5.97 Å². The van der Waals surface area contributed by atoms with Gasteiger partial charge in [0.05, 0.1) is 12.8 Å². The Morgan fingerprint density at radius 3 is 2.59 bits per heavy atom. The second-order valence-electron chi connectivity index (χ2n) is 3.23. The maximum atomic E-state index is 11.9. The first-order valence-electron chi connectivity index (χ1n) is 4.55. The van der Waals surface area contributed by atoms with Crippen molar-refractivity contribution in [3.63, 3.8) is 0 Å². The molecule has 0 spiro atoms. The van der Waals surface area contributed by atoms with E-state index in [4.69, 9.17) is 11.6 Å². The fraction of sp³-hybridized carbons (Fsp3) is 0.500. The number of nitrogens with zero attached hydrogens (tertiary/aromatic N) is 2. The second kappa shape index (κ2) is 5.03. The van der Waals surface area contributed by atoms with Crippen LogP contribution in [0.1, 0.15) is 5.69 Å². The van der Waals surface area contributed by atoms with E-state index in [-0.39, 0.29) is 15.7 Å². The van der Waals surface area contributed by atoms with Crippen LogP contribution < -0.4 is 4.72 Å². The molecule has 1 heterocycles. The van der Waals surface area contributed by atoms with Crippen LogP contribution in [0.25, 0.3) is 0 Å². The summed E-state index contributed by atoms with van der Waals surface area (Å²) in [5.41, 5.74) is 0.259. The SMILES string of the molecule is COC(=O)CNS(=O)(=O)c1c(C)nn(C)c1Cl. The van der Waals surface area contributed by atoms with Crippen LogP contribution in [0.15, 0.2) is 4.90 Å². The van der Waals surface area contributed by atoms with Gasteiger partial charge in [-0.25, -0.2) is 8.42 Å². The molecule has 1 aromatic rings. The zero-order valence-corrected chi connectivity index (χ0v) is 11.1. The summed E-state index contributed by atoms with van der Waals surface area (Å²) < 4.78 is 31.3. The van der Waals surface area contributed by atoms with Crippen molar-refractivity contribution in [2.24, 2.45) is 7.05 Å². The summed E-state index contributed by atoms with van der Waals surface area (Å²) in [6, 6.07) is 0. The Balaban J connectivity index is 3.02. The Kier molecular flexibility index (Phi) is 4.12. The predicted octanol–water partition coefficient (Wildman–Crippen LogP) is -0.167. The number of carbonyl (C=O) groups is 1. The molecule has 0 aliphatic carbocycles. The Hall–Kier alpha value is -1.12. The maximum Gasteiger partial charge on any atom is 0.320 e. The second-order valence-corrected chi connectivity index (χ2v) is 5.29. The van der Waals surface area contributed by atoms with Gasteiger partial charge in [0.25, 0.3) is 0 Å². The summed E-state index contributed by atoms with van der Waals surface area (Å²) in [7, 11) is -1.18. The van der Waals surface area contributed by atoms with E-state index in [9.17, 15) is 13.2 Å². The summed E-state index contributed by atoms with van der Waals surface area (Å²) in [5.74, 6) is -0.689. The minimum absolute atomic E-state index is 0.0140. The first-order valence-corrected chi connectivity index (χ1v) is 6.41. The van der Waals surface area contributed by atoms with Crippen molar-refractivity contribution in [2.45, 2.75) is 11.8 Å². The number of nitrogens with one attached hydrogen (secondary N) is 1. The topological polar surface area (TPSA) is 90.3 Å². The summed E-state index contributed by atoms with van der Waals surface area (Å²) in [4.78, 5) is 10.7. The zero-order valence-electron chi connectivity index (χ0n) is 9.52. The van der Waals surface area contributed by atoms with Gasteiger partial charge in [0.1, 0.15) is 16.6 Å². The molecule has 0 amide bonds. The standard InChI is InChI=1S/C8H12ClN3O4S/c1-5-7(8(9)12(2)11-5)17(14,15)10-4-6(13)16-3/h10H,4H2,1-3H3. The molecular formula is C8H12ClN3O4S. The van der Waals surface area contributed by atoms with Crippen LogP contribution in [0.4, 0.5) is 0 Å². The molecule has 1 aromatic heterocycles. The number of methoxy groups -OCH3 is 1. The maximum absolute atomic E-state index is 11.9. The number of rotatable bonds is 4. The number of hydrogen-bond donors (Lipinski definition) is 1. The fourth-order valence-electron chi connectivity index (χ4n) is 1.21. The number of carbonyl (C=O) groups excluding carboxylic acids is 1. The van der Waals surface area contributed by atoms with E-state index in [0.717, 1.165) is 0 Å². The van der Waals surface area contributed by atoms with Crippen molar-refractivity contribution >= 4 is 27.6 Å². The number of esters is 1. The number of hydrogen-bond acceptors (Lipinski definition) is 5. The third kappa shape index (κ3) is 2.96. The lowest BCUT2D eigenvalue weighted by atomic mass is 10.5. The van der Waals surface area contributed by atoms with Gasteiger partial charge in [0, 0.05) is 7.05 Å². The third-order valence-electron chi connectivity index (χ3n) is 2.00. The highest BCUT2D eigenvalue weighted by atomic mass is 35.5. The molecule has 1 rings (SSSR count). The summed E-state index contributed by atoms with van der Waals surface area (Å²) in [6.07, 6.45) is 0. The van der Waals surface area contributed by atoms with Crippen molar-refractivity contribution < 1.29 is 17.9 Å². The molecule has 0 aromatic carbocycles. The number of aromatic nitrogens is 2. The van der Waals surface area contributed by atoms with E-state index >= 15 is 0 Å². The average Bonchev–Trinajstić information content (AvgIpc) is 2.50. The fourth-order valence-corrected chi connectivity index (χ4v) is 2.93. The predicted molar refractivity (Wildman–Crippen MR) is 60.2 cm³/mol. The molecule has 0 bridgehead atoms. The minimum atomic E-state index is -3.87. The van der Waals surface area contributed by atoms with Gasteiger partial charge in [0.2, 0.25) is 10.0 Å². The van der Waals surface area contributed by atoms with Crippen molar-refractivity contribution in [1.29, 1.82) is 0 Å². The molecule has 0 aliphatic heterocycles. The molecule has 0 atom stereocenters. The van der Waals surface area contributed by atoms with E-state index < -0.39 is 22.5 Å². The third-order valence-corrected chi connectivity index (χ3v) is 4.10. The average molecular weight is 282 g/mol. The van der Waals surface area contributed by atoms with Crippen LogP contribution in [0.3, 0.4) is 0 Å². The molecule has 1 N–H and O–H groups in total. The quantitative estimate of drug-likeness (QED) is 0.774. The van der Waals surface area contributed by atoms with Gasteiger partial charge in [-0.2, -0.15) is 9.82 Å². The van der Waals surface area contributed by atoms with E-state index in [1.165, 1.54) is 25.8 Å². The van der Waals surface area contributed by atoms with Crippen LogP contribution >= 0.6 is 11.6 Å². The van der Waals surface area contributed by atoms with Crippen LogP contribution in [0.5, 0.6) is 0 Å². The van der Waals surface area contributed by atoms with Gasteiger partial charge in [-0.05, 0) is 6.92 Å². The molecule has 0 aliphatic rings. The molecule has 0 unspecified atom stereocenters. The van der Waals surface area contributed by atoms with E-state index in [0.29, 0.717) is 0 Å². The van der Waals surface area contributed by atoms with E-state index in [1.54, 1.807) is 0 Å². The molecule has 0 fully saturated rings. The largest absolute Gasteiger partial charge is 0.468 e. The highest BCUT2D eigenvalue weighted by Gasteiger charge is 2.25. The van der Waals surface area contributed by atoms with Crippen LogP contribution in [0, 0.1) is 6.92 Å². The molecule has 17 heavy (non-hydrogen) atoms. The molecule has 0 saturated carbocycles. The molecule has 96 valence electrons. The van der Waals surface area contributed by atoms with Gasteiger partial charge in [0.15, 0.2) is 0 Å². The lowest BCUT2D eigenvalue weighted by molar-refractivity contribution is -0.139. The minimum Gasteiger partial charge on any atom is -0.468 e. The summed E-state index contributed by atoms with van der Waals surface area (Å²) in [6.45, 7) is 1.06. The Bertz CT molecular complexity index is 537. The van der Waals surface area contributed by atoms with E-state index in [2.05, 4.69) is 14.6 Å². The van der Waals surface area contributed by atoms with Crippen LogP contribution in [-0.4, -0.2) is 37.8 Å². The molecular weight excluding hydrogens is 270 g/mol. The lowest BCUT2D eigenvalue weighted by Crippen LogP contribution is -2.30. The molecule has 7 nitrogen and oxygen atoms in total. The van der Waals surface area contributed by atoms with Crippen molar-refractivity contribution in [2.75, 3.05) is 13.7 Å². The Morgan fingerprint density at radius 2 is 2.18 bits per heavy atom. The van der Waals surface area contributed by atoms with Crippen molar-refractivity contribution in [3.05, 3.63) is 10.8 Å². The first-order chi connectivity index (χ1) is 7.79. The van der Waals surface area contributed by atoms with Gasteiger partial charge in [-0.15, -0.1) is 0 Å². The van der Waals surface area contributed by atoms with Crippen LogP contribution in [-0.2, 0) is 26.6 Å². The van der Waals surface area contributed by atoms with Gasteiger partial charge in [-0.3, -0.25) is 9.48 Å². The molecule has 0 radical (unpaired) electrons. The van der Waals surface area contributed by atoms with Crippen molar-refractivity contribution in [1.82, 2.24) is 14.5 Å². The Morgan fingerprint density at radius 1 is 1.59 bits per heavy atom. The highest BCUT2D eigenvalue weighted by molar-refractivity contribution is 7.89. The van der Waals surface area contributed by atoms with E-state index in [1.807, 2.05) is 0 Å². The van der Waals surface area contributed by atoms with Gasteiger partial charge in [-0.1, -0.05) is 11.6 Å². The number of halogens is 1. The van der Waals surface area contributed by atoms with Crippen molar-refractivity contribution in [3.8, 4) is 0 Å². The monoisotopic (exact) mass is 281 g/mol. The Labute approximate surface area is 104 Å². The molecule has 9 heteroatoms. The van der Waals surface area contributed by atoms with Crippen LogP contribution in [0.2, 0.25) is 5.15 Å². The highest BCUT2D eigenvalue weighted by Crippen LogP contribution is 2.23. The zero-order chi connectivity index (χ0) is 13.2. The number of ether oxygens (including phenoxy) is 1. The lowest BCUT2D eigenvalue weighted by Gasteiger charge is -2.04. The number of aryl methyl sites for hydroxylation is 2. The normalized spacial score (nSPS) is 11.5. The smallest absolute Gasteiger partial charge is 0.320 e. The first kappa shape index (κ1) is 13.9. The summed E-state index contributed by atoms with van der Waals surface area (Å²) >= 11 is 5.81. The van der Waals surface area contributed by atoms with Gasteiger partial charge < -0.3 is 4.74 Å². The summed E-state index contributed by atoms with van der Waals surface area (Å²) in [5, 5.41) is 3.86. The molecule has 0 saturated heterocycles. The number of sulfonamides is 1.